The van der Waals surface area contributed by atoms with Crippen molar-refractivity contribution in [3.05, 3.63) is 72.1 Å². The first-order valence-corrected chi connectivity index (χ1v) is 7.15. The van der Waals surface area contributed by atoms with Crippen LogP contribution < -0.4 is 4.74 Å². The largest absolute Gasteiger partial charge is 0.483 e. The molecule has 1 aliphatic carbocycles. The molecule has 0 aromatic heterocycles. The second-order valence-corrected chi connectivity index (χ2v) is 5.75. The third-order valence-electron chi connectivity index (χ3n) is 4.64. The Kier molecular flexibility index (Phi) is 2.45. The summed E-state index contributed by atoms with van der Waals surface area (Å²) >= 11 is 0. The fourth-order valence-electron chi connectivity index (χ4n) is 3.62. The van der Waals surface area contributed by atoms with Gasteiger partial charge in [0.15, 0.2) is 0 Å². The maximum Gasteiger partial charge on any atom is 0.149 e. The van der Waals surface area contributed by atoms with Gasteiger partial charge in [0, 0.05) is 12.0 Å². The van der Waals surface area contributed by atoms with Crippen molar-refractivity contribution < 1.29 is 9.84 Å². The second kappa shape index (κ2) is 4.10. The van der Waals surface area contributed by atoms with E-state index in [0.29, 0.717) is 0 Å². The first-order chi connectivity index (χ1) is 9.74. The van der Waals surface area contributed by atoms with Crippen molar-refractivity contribution in [2.45, 2.75) is 30.5 Å². The molecule has 2 atom stereocenters. The molecule has 2 aromatic carbocycles. The molecule has 4 rings (SSSR count). The van der Waals surface area contributed by atoms with Crippen LogP contribution in [0.25, 0.3) is 0 Å². The number of rotatable bonds is 1. The highest BCUT2D eigenvalue weighted by Crippen LogP contribution is 2.55. The lowest BCUT2D eigenvalue weighted by atomic mass is 9.78. The molecular weight excluding hydrogens is 248 g/mol. The van der Waals surface area contributed by atoms with Crippen molar-refractivity contribution in [2.24, 2.45) is 0 Å². The minimum atomic E-state index is -0.937. The van der Waals surface area contributed by atoms with Gasteiger partial charge in [-0.2, -0.15) is 0 Å². The van der Waals surface area contributed by atoms with Crippen molar-refractivity contribution in [3.63, 3.8) is 0 Å². The minimum Gasteiger partial charge on any atom is -0.483 e. The molecule has 20 heavy (non-hydrogen) atoms. The van der Waals surface area contributed by atoms with E-state index in [1.54, 1.807) is 0 Å². The summed E-state index contributed by atoms with van der Waals surface area (Å²) in [4.78, 5) is 0. The highest BCUT2D eigenvalue weighted by atomic mass is 16.5. The Morgan fingerprint density at radius 3 is 2.45 bits per heavy atom. The Balaban J connectivity index is 1.80. The van der Waals surface area contributed by atoms with E-state index in [4.69, 9.17) is 4.74 Å². The van der Waals surface area contributed by atoms with Crippen LogP contribution in [0.1, 0.15) is 30.4 Å². The SMILES string of the molecule is OC1(c2ccccc2)CCCC12[CH]c1ccccc1O2. The zero-order valence-corrected chi connectivity index (χ0v) is 11.3. The summed E-state index contributed by atoms with van der Waals surface area (Å²) in [6.45, 7) is 0. The third kappa shape index (κ3) is 1.49. The second-order valence-electron chi connectivity index (χ2n) is 5.75. The molecular formula is C18H17O2. The molecule has 101 valence electrons. The summed E-state index contributed by atoms with van der Waals surface area (Å²) in [5.74, 6) is 0.878. The Morgan fingerprint density at radius 2 is 1.65 bits per heavy atom. The van der Waals surface area contributed by atoms with Gasteiger partial charge < -0.3 is 9.84 Å². The minimum absolute atomic E-state index is 0.613. The highest BCUT2D eigenvalue weighted by molar-refractivity contribution is 5.50. The third-order valence-corrected chi connectivity index (χ3v) is 4.64. The molecule has 2 heteroatoms. The molecule has 0 amide bonds. The van der Waals surface area contributed by atoms with Gasteiger partial charge in [-0.3, -0.25) is 0 Å². The molecule has 2 aromatic rings. The van der Waals surface area contributed by atoms with E-state index in [9.17, 15) is 5.11 Å². The summed E-state index contributed by atoms with van der Waals surface area (Å²) in [5.41, 5.74) is 0.482. The van der Waals surface area contributed by atoms with Gasteiger partial charge in [-0.15, -0.1) is 0 Å². The van der Waals surface area contributed by atoms with Crippen LogP contribution in [-0.2, 0) is 5.60 Å². The van der Waals surface area contributed by atoms with Crippen molar-refractivity contribution >= 4 is 0 Å². The van der Waals surface area contributed by atoms with E-state index < -0.39 is 11.2 Å². The maximum absolute atomic E-state index is 11.3. The zero-order chi connectivity index (χ0) is 13.6. The number of hydrogen-bond acceptors (Lipinski definition) is 2. The number of hydrogen-bond donors (Lipinski definition) is 1. The van der Waals surface area contributed by atoms with Crippen molar-refractivity contribution in [1.29, 1.82) is 0 Å². The molecule has 1 N–H and O–H groups in total. The number of para-hydroxylation sites is 1. The number of fused-ring (bicyclic) bond motifs is 1. The first-order valence-electron chi connectivity index (χ1n) is 7.15. The monoisotopic (exact) mass is 265 g/mol. The van der Waals surface area contributed by atoms with Gasteiger partial charge in [-0.05, 0) is 30.9 Å². The van der Waals surface area contributed by atoms with Gasteiger partial charge >= 0.3 is 0 Å². The van der Waals surface area contributed by atoms with E-state index in [0.717, 1.165) is 36.1 Å². The highest BCUT2D eigenvalue weighted by Gasteiger charge is 2.59. The Bertz CT molecular complexity index is 610. The Labute approximate surface area is 119 Å². The van der Waals surface area contributed by atoms with E-state index in [2.05, 4.69) is 6.42 Å². The van der Waals surface area contributed by atoms with Crippen LogP contribution in [0, 0.1) is 6.42 Å². The van der Waals surface area contributed by atoms with Crippen molar-refractivity contribution in [2.75, 3.05) is 0 Å². The molecule has 1 saturated carbocycles. The van der Waals surface area contributed by atoms with Crippen LogP contribution in [-0.4, -0.2) is 10.7 Å². The molecule has 2 aliphatic rings. The average Bonchev–Trinajstić information content (AvgIpc) is 3.02. The normalized spacial score (nSPS) is 31.2. The van der Waals surface area contributed by atoms with E-state index in [-0.39, 0.29) is 0 Å². The predicted molar refractivity (Wildman–Crippen MR) is 77.4 cm³/mol. The summed E-state index contributed by atoms with van der Waals surface area (Å²) < 4.78 is 6.22. The van der Waals surface area contributed by atoms with Crippen LogP contribution in [0.5, 0.6) is 5.75 Å². The molecule has 0 saturated heterocycles. The molecule has 1 aliphatic heterocycles. The number of ether oxygens (including phenoxy) is 1. The molecule has 1 heterocycles. The summed E-state index contributed by atoms with van der Waals surface area (Å²) in [7, 11) is 0. The smallest absolute Gasteiger partial charge is 0.149 e. The summed E-state index contributed by atoms with van der Waals surface area (Å²) in [5, 5.41) is 11.3. The molecule has 2 nitrogen and oxygen atoms in total. The quantitative estimate of drug-likeness (QED) is 0.856. The summed E-state index contributed by atoms with van der Waals surface area (Å²) in [6, 6.07) is 17.9. The van der Waals surface area contributed by atoms with Crippen LogP contribution in [0.15, 0.2) is 54.6 Å². The standard InChI is InChI=1S/C18H17O2/c19-18(15-8-2-1-3-9-15)12-6-11-17(18)13-14-7-4-5-10-16(14)20-17/h1-5,7-10,13,19H,6,11-12H2. The molecule has 1 radical (unpaired) electrons. The van der Waals surface area contributed by atoms with Gasteiger partial charge in [0.05, 0.1) is 0 Å². The predicted octanol–water partition coefficient (Wildman–Crippen LogP) is 3.44. The molecule has 0 bridgehead atoms. The van der Waals surface area contributed by atoms with Crippen molar-refractivity contribution in [3.8, 4) is 5.75 Å². The van der Waals surface area contributed by atoms with Gasteiger partial charge in [0.2, 0.25) is 0 Å². The van der Waals surface area contributed by atoms with Crippen LogP contribution >= 0.6 is 0 Å². The summed E-state index contributed by atoms with van der Waals surface area (Å²) in [6.07, 6.45) is 4.67. The molecule has 1 fully saturated rings. The van der Waals surface area contributed by atoms with Gasteiger partial charge in [0.25, 0.3) is 0 Å². The lowest BCUT2D eigenvalue weighted by Crippen LogP contribution is -2.50. The van der Waals surface area contributed by atoms with E-state index in [1.807, 2.05) is 54.6 Å². The Morgan fingerprint density at radius 1 is 0.900 bits per heavy atom. The molecule has 2 unspecified atom stereocenters. The zero-order valence-electron chi connectivity index (χ0n) is 11.3. The lowest BCUT2D eigenvalue weighted by Gasteiger charge is -2.39. The Hall–Kier alpha value is -1.80. The van der Waals surface area contributed by atoms with Crippen LogP contribution in [0.4, 0.5) is 0 Å². The topological polar surface area (TPSA) is 29.5 Å². The fourth-order valence-corrected chi connectivity index (χ4v) is 3.62. The van der Waals surface area contributed by atoms with Crippen LogP contribution in [0.2, 0.25) is 0 Å². The first kappa shape index (κ1) is 12.0. The van der Waals surface area contributed by atoms with Gasteiger partial charge in [-0.25, -0.2) is 0 Å². The molecule has 1 spiro atoms. The number of aliphatic hydroxyl groups is 1. The fraction of sp³-hybridized carbons (Fsp3) is 0.278. The maximum atomic E-state index is 11.3. The van der Waals surface area contributed by atoms with Gasteiger partial charge in [0.1, 0.15) is 17.0 Å². The average molecular weight is 265 g/mol. The van der Waals surface area contributed by atoms with E-state index in [1.165, 1.54) is 0 Å². The van der Waals surface area contributed by atoms with Crippen LogP contribution in [0.3, 0.4) is 0 Å². The lowest BCUT2D eigenvalue weighted by molar-refractivity contribution is -0.0910. The van der Waals surface area contributed by atoms with E-state index >= 15 is 0 Å². The van der Waals surface area contributed by atoms with Gasteiger partial charge in [-0.1, -0.05) is 48.5 Å². The van der Waals surface area contributed by atoms with Crippen molar-refractivity contribution in [1.82, 2.24) is 0 Å². The number of benzene rings is 2.